The van der Waals surface area contributed by atoms with Gasteiger partial charge in [0.1, 0.15) is 5.82 Å². The topological polar surface area (TPSA) is 29.9 Å². The first kappa shape index (κ1) is 12.8. The average Bonchev–Trinajstić information content (AvgIpc) is 2.78. The molecule has 0 fully saturated rings. The van der Waals surface area contributed by atoms with Crippen molar-refractivity contribution in [1.29, 1.82) is 0 Å². The van der Waals surface area contributed by atoms with E-state index in [0.717, 1.165) is 25.2 Å². The zero-order valence-corrected chi connectivity index (χ0v) is 11.4. The second-order valence-corrected chi connectivity index (χ2v) is 4.63. The maximum Gasteiger partial charge on any atom is 0.113 e. The Balaban J connectivity index is 2.45. The highest BCUT2D eigenvalue weighted by atomic mass is 15.1. The van der Waals surface area contributed by atoms with Crippen molar-refractivity contribution in [2.45, 2.75) is 33.2 Å². The smallest absolute Gasteiger partial charge is 0.113 e. The number of nitrogens with zero attached hydrogens (tertiary/aromatic N) is 2. The first-order valence-corrected chi connectivity index (χ1v) is 6.53. The van der Waals surface area contributed by atoms with Crippen LogP contribution in [-0.4, -0.2) is 16.6 Å². The summed E-state index contributed by atoms with van der Waals surface area (Å²) in [6, 6.07) is 6.58. The summed E-state index contributed by atoms with van der Waals surface area (Å²) in [5.41, 5.74) is 3.84. The van der Waals surface area contributed by atoms with E-state index in [9.17, 15) is 0 Å². The van der Waals surface area contributed by atoms with Gasteiger partial charge in [-0.3, -0.25) is 0 Å². The van der Waals surface area contributed by atoms with Gasteiger partial charge < -0.3 is 9.88 Å². The Hall–Kier alpha value is -1.61. The summed E-state index contributed by atoms with van der Waals surface area (Å²) >= 11 is 0. The SMILES string of the molecule is CCCc1nccn1-c1ccc(C)cc1CNC. The molecule has 2 aromatic rings. The minimum Gasteiger partial charge on any atom is -0.316 e. The van der Waals surface area contributed by atoms with E-state index >= 15 is 0 Å². The quantitative estimate of drug-likeness (QED) is 0.875. The Labute approximate surface area is 109 Å². The average molecular weight is 243 g/mol. The Kier molecular flexibility index (Phi) is 4.15. The van der Waals surface area contributed by atoms with E-state index in [0.29, 0.717) is 0 Å². The molecule has 0 bridgehead atoms. The Morgan fingerprint density at radius 2 is 2.17 bits per heavy atom. The number of aromatic nitrogens is 2. The van der Waals surface area contributed by atoms with Crippen LogP contribution in [0.5, 0.6) is 0 Å². The monoisotopic (exact) mass is 243 g/mol. The first-order valence-electron chi connectivity index (χ1n) is 6.53. The van der Waals surface area contributed by atoms with Crippen LogP contribution in [0.15, 0.2) is 30.6 Å². The fourth-order valence-corrected chi connectivity index (χ4v) is 2.24. The highest BCUT2D eigenvalue weighted by molar-refractivity contribution is 5.44. The molecule has 0 saturated heterocycles. The summed E-state index contributed by atoms with van der Waals surface area (Å²) in [6.07, 6.45) is 6.06. The summed E-state index contributed by atoms with van der Waals surface area (Å²) in [6.45, 7) is 5.19. The van der Waals surface area contributed by atoms with Crippen LogP contribution in [0.3, 0.4) is 0 Å². The molecule has 0 radical (unpaired) electrons. The van der Waals surface area contributed by atoms with E-state index in [-0.39, 0.29) is 0 Å². The van der Waals surface area contributed by atoms with Gasteiger partial charge in [0.2, 0.25) is 0 Å². The van der Waals surface area contributed by atoms with E-state index in [1.165, 1.54) is 16.8 Å². The maximum atomic E-state index is 4.45. The Bertz CT molecular complexity index is 514. The second-order valence-electron chi connectivity index (χ2n) is 4.63. The van der Waals surface area contributed by atoms with Crippen molar-refractivity contribution in [3.05, 3.63) is 47.5 Å². The number of aryl methyl sites for hydroxylation is 2. The van der Waals surface area contributed by atoms with E-state index in [1.54, 1.807) is 0 Å². The molecule has 0 amide bonds. The van der Waals surface area contributed by atoms with E-state index in [1.807, 2.05) is 13.2 Å². The zero-order valence-electron chi connectivity index (χ0n) is 11.4. The molecule has 1 N–H and O–H groups in total. The molecule has 0 unspecified atom stereocenters. The molecule has 0 aliphatic carbocycles. The fourth-order valence-electron chi connectivity index (χ4n) is 2.24. The molecule has 1 aromatic heterocycles. The molecule has 3 nitrogen and oxygen atoms in total. The van der Waals surface area contributed by atoms with Crippen molar-refractivity contribution < 1.29 is 0 Å². The largest absolute Gasteiger partial charge is 0.316 e. The van der Waals surface area contributed by atoms with Crippen LogP contribution in [0.1, 0.15) is 30.3 Å². The highest BCUT2D eigenvalue weighted by Crippen LogP contribution is 2.19. The maximum absolute atomic E-state index is 4.45. The second kappa shape index (κ2) is 5.83. The molecule has 3 heteroatoms. The van der Waals surface area contributed by atoms with E-state index in [4.69, 9.17) is 0 Å². The Morgan fingerprint density at radius 3 is 2.89 bits per heavy atom. The highest BCUT2D eigenvalue weighted by Gasteiger charge is 2.08. The van der Waals surface area contributed by atoms with Crippen molar-refractivity contribution in [3.63, 3.8) is 0 Å². The van der Waals surface area contributed by atoms with Crippen LogP contribution < -0.4 is 5.32 Å². The van der Waals surface area contributed by atoms with Crippen molar-refractivity contribution in [1.82, 2.24) is 14.9 Å². The summed E-state index contributed by atoms with van der Waals surface area (Å²) in [7, 11) is 1.98. The van der Waals surface area contributed by atoms with Crippen molar-refractivity contribution in [3.8, 4) is 5.69 Å². The molecule has 0 saturated carbocycles. The van der Waals surface area contributed by atoms with Crippen LogP contribution >= 0.6 is 0 Å². The molecule has 0 aliphatic heterocycles. The predicted molar refractivity (Wildman–Crippen MR) is 75.1 cm³/mol. The van der Waals surface area contributed by atoms with Gasteiger partial charge in [0, 0.05) is 25.4 Å². The molecule has 18 heavy (non-hydrogen) atoms. The molecule has 96 valence electrons. The Morgan fingerprint density at radius 1 is 1.33 bits per heavy atom. The molecule has 1 aromatic carbocycles. The molecule has 0 spiro atoms. The number of rotatable bonds is 5. The number of hydrogen-bond donors (Lipinski definition) is 1. The molecule has 0 atom stereocenters. The summed E-state index contributed by atoms with van der Waals surface area (Å²) < 4.78 is 2.20. The molecular weight excluding hydrogens is 222 g/mol. The standard InChI is InChI=1S/C15H21N3/c1-4-5-15-17-8-9-18(15)14-7-6-12(2)10-13(14)11-16-3/h6-10,16H,4-5,11H2,1-3H3. The lowest BCUT2D eigenvalue weighted by molar-refractivity contribution is 0.779. The van der Waals surface area contributed by atoms with Crippen molar-refractivity contribution in [2.24, 2.45) is 0 Å². The lowest BCUT2D eigenvalue weighted by Gasteiger charge is -2.13. The molecular formula is C15H21N3. The van der Waals surface area contributed by atoms with Gasteiger partial charge in [-0.2, -0.15) is 0 Å². The van der Waals surface area contributed by atoms with Gasteiger partial charge in [0.15, 0.2) is 0 Å². The van der Waals surface area contributed by atoms with Gasteiger partial charge in [0.25, 0.3) is 0 Å². The number of hydrogen-bond acceptors (Lipinski definition) is 2. The van der Waals surface area contributed by atoms with Gasteiger partial charge in [-0.05, 0) is 32.0 Å². The van der Waals surface area contributed by atoms with Crippen LogP contribution in [-0.2, 0) is 13.0 Å². The minimum absolute atomic E-state index is 0.876. The summed E-state index contributed by atoms with van der Waals surface area (Å²) in [5.74, 6) is 1.14. The normalized spacial score (nSPS) is 10.8. The van der Waals surface area contributed by atoms with Crippen molar-refractivity contribution in [2.75, 3.05) is 7.05 Å². The van der Waals surface area contributed by atoms with Gasteiger partial charge in [-0.15, -0.1) is 0 Å². The van der Waals surface area contributed by atoms with E-state index < -0.39 is 0 Å². The lowest BCUT2D eigenvalue weighted by atomic mass is 10.1. The number of imidazole rings is 1. The van der Waals surface area contributed by atoms with Gasteiger partial charge in [-0.1, -0.05) is 24.6 Å². The third kappa shape index (κ3) is 2.62. The molecule has 2 rings (SSSR count). The minimum atomic E-state index is 0.876. The van der Waals surface area contributed by atoms with Gasteiger partial charge >= 0.3 is 0 Å². The van der Waals surface area contributed by atoms with Crippen LogP contribution in [0.25, 0.3) is 5.69 Å². The summed E-state index contributed by atoms with van der Waals surface area (Å²) in [5, 5.41) is 3.23. The lowest BCUT2D eigenvalue weighted by Crippen LogP contribution is -2.10. The molecule has 0 aliphatic rings. The number of nitrogens with one attached hydrogen (secondary N) is 1. The first-order chi connectivity index (χ1) is 8.76. The van der Waals surface area contributed by atoms with Crippen LogP contribution in [0.4, 0.5) is 0 Å². The van der Waals surface area contributed by atoms with E-state index in [2.05, 4.69) is 53.1 Å². The predicted octanol–water partition coefficient (Wildman–Crippen LogP) is 2.85. The molecule has 1 heterocycles. The van der Waals surface area contributed by atoms with Gasteiger partial charge in [-0.25, -0.2) is 4.98 Å². The zero-order chi connectivity index (χ0) is 13.0. The van der Waals surface area contributed by atoms with Crippen molar-refractivity contribution >= 4 is 0 Å². The number of benzene rings is 1. The van der Waals surface area contributed by atoms with Crippen LogP contribution in [0.2, 0.25) is 0 Å². The third-order valence-corrected chi connectivity index (χ3v) is 3.05. The van der Waals surface area contributed by atoms with Gasteiger partial charge in [0.05, 0.1) is 5.69 Å². The summed E-state index contributed by atoms with van der Waals surface area (Å²) in [4.78, 5) is 4.45. The third-order valence-electron chi connectivity index (χ3n) is 3.05. The fraction of sp³-hybridized carbons (Fsp3) is 0.400. The van der Waals surface area contributed by atoms with Crippen LogP contribution in [0, 0.1) is 6.92 Å².